The molecule has 174 valence electrons. The summed E-state index contributed by atoms with van der Waals surface area (Å²) in [4.78, 5) is 23.9. The molecule has 0 spiro atoms. The van der Waals surface area contributed by atoms with Crippen LogP contribution in [0.5, 0.6) is 0 Å². The van der Waals surface area contributed by atoms with Crippen LogP contribution in [-0.4, -0.2) is 36.2 Å². The van der Waals surface area contributed by atoms with E-state index in [4.69, 9.17) is 0 Å². The Morgan fingerprint density at radius 2 is 1.65 bits per heavy atom. The lowest BCUT2D eigenvalue weighted by Gasteiger charge is -2.22. The smallest absolute Gasteiger partial charge is 0.274 e. The quantitative estimate of drug-likeness (QED) is 0.419. The van der Waals surface area contributed by atoms with Gasteiger partial charge in [-0.05, 0) is 42.3 Å². The zero-order valence-electron chi connectivity index (χ0n) is 18.5. The standard InChI is InChI=1S/C24H22N4O5S/c1-16-3-5-19(6-4-16)24(29)27-23(18-9-13-21(14-10-18)28(30)31)15-22(25-27)17-7-11-20(12-8-17)26-34(2,32)33/h3-14,23,26H,15H2,1-2H3. The summed E-state index contributed by atoms with van der Waals surface area (Å²) in [5.41, 5.74) is 4.00. The third kappa shape index (κ3) is 5.12. The number of carbonyl (C=O) groups is 1. The predicted molar refractivity (Wildman–Crippen MR) is 129 cm³/mol. The highest BCUT2D eigenvalue weighted by atomic mass is 32.2. The first-order valence-electron chi connectivity index (χ1n) is 10.4. The van der Waals surface area contributed by atoms with Gasteiger partial charge in [0.1, 0.15) is 0 Å². The second-order valence-corrected chi connectivity index (χ2v) is 9.83. The number of nitro groups is 1. The van der Waals surface area contributed by atoms with Crippen LogP contribution in [0.25, 0.3) is 0 Å². The molecule has 0 fully saturated rings. The Balaban J connectivity index is 1.68. The van der Waals surface area contributed by atoms with Crippen LogP contribution < -0.4 is 4.72 Å². The second kappa shape index (κ2) is 9.06. The molecule has 0 saturated heterocycles. The highest BCUT2D eigenvalue weighted by molar-refractivity contribution is 7.92. The van der Waals surface area contributed by atoms with Gasteiger partial charge in [-0.3, -0.25) is 19.6 Å². The van der Waals surface area contributed by atoms with Gasteiger partial charge in [-0.1, -0.05) is 42.0 Å². The van der Waals surface area contributed by atoms with E-state index in [0.29, 0.717) is 23.4 Å². The third-order valence-electron chi connectivity index (χ3n) is 5.43. The first kappa shape index (κ1) is 23.1. The zero-order chi connectivity index (χ0) is 24.5. The number of benzene rings is 3. The molecule has 10 heteroatoms. The van der Waals surface area contributed by atoms with Crippen molar-refractivity contribution in [1.82, 2.24) is 5.01 Å². The summed E-state index contributed by atoms with van der Waals surface area (Å²) in [6.07, 6.45) is 1.47. The summed E-state index contributed by atoms with van der Waals surface area (Å²) in [6, 6.07) is 19.6. The predicted octanol–water partition coefficient (Wildman–Crippen LogP) is 4.27. The Kier molecular flexibility index (Phi) is 6.16. The van der Waals surface area contributed by atoms with E-state index in [1.54, 1.807) is 48.5 Å². The van der Waals surface area contributed by atoms with E-state index in [2.05, 4.69) is 9.82 Å². The summed E-state index contributed by atoms with van der Waals surface area (Å²) < 4.78 is 25.3. The lowest BCUT2D eigenvalue weighted by molar-refractivity contribution is -0.384. The molecule has 3 aromatic carbocycles. The summed E-state index contributed by atoms with van der Waals surface area (Å²) in [5.74, 6) is -0.284. The first-order valence-corrected chi connectivity index (χ1v) is 12.3. The van der Waals surface area contributed by atoms with Crippen LogP contribution in [0.2, 0.25) is 0 Å². The number of nitro benzene ring substituents is 1. The molecule has 0 aliphatic carbocycles. The number of non-ortho nitro benzene ring substituents is 1. The molecule has 0 saturated carbocycles. The van der Waals surface area contributed by atoms with Gasteiger partial charge in [-0.25, -0.2) is 13.4 Å². The number of sulfonamides is 1. The maximum absolute atomic E-state index is 13.3. The van der Waals surface area contributed by atoms with E-state index in [9.17, 15) is 23.3 Å². The van der Waals surface area contributed by atoms with E-state index in [0.717, 1.165) is 22.9 Å². The molecule has 1 aliphatic rings. The molecule has 4 rings (SSSR count). The van der Waals surface area contributed by atoms with E-state index in [1.165, 1.54) is 17.1 Å². The Bertz CT molecular complexity index is 1370. The molecule has 34 heavy (non-hydrogen) atoms. The van der Waals surface area contributed by atoms with Crippen molar-refractivity contribution in [1.29, 1.82) is 0 Å². The molecule has 1 amide bonds. The van der Waals surface area contributed by atoms with Gasteiger partial charge in [0.15, 0.2) is 0 Å². The fraction of sp³-hybridized carbons (Fsp3) is 0.167. The van der Waals surface area contributed by atoms with Crippen LogP contribution >= 0.6 is 0 Å². The van der Waals surface area contributed by atoms with Crippen LogP contribution in [0.4, 0.5) is 11.4 Å². The lowest BCUT2D eigenvalue weighted by atomic mass is 9.97. The minimum absolute atomic E-state index is 0.0340. The first-order chi connectivity index (χ1) is 16.1. The summed E-state index contributed by atoms with van der Waals surface area (Å²) in [6.45, 7) is 1.93. The van der Waals surface area contributed by atoms with Crippen molar-refractivity contribution in [2.24, 2.45) is 5.10 Å². The molecule has 1 unspecified atom stereocenters. The van der Waals surface area contributed by atoms with Crippen molar-refractivity contribution in [3.05, 3.63) is 105 Å². The molecular formula is C24H22N4O5S. The zero-order valence-corrected chi connectivity index (χ0v) is 19.3. The van der Waals surface area contributed by atoms with E-state index in [-0.39, 0.29) is 11.6 Å². The number of anilines is 1. The van der Waals surface area contributed by atoms with Crippen LogP contribution in [0.1, 0.15) is 39.5 Å². The Hall–Kier alpha value is -4.05. The molecule has 0 bridgehead atoms. The highest BCUT2D eigenvalue weighted by Crippen LogP contribution is 2.35. The minimum atomic E-state index is -3.40. The Labute approximate surface area is 196 Å². The molecular weight excluding hydrogens is 456 g/mol. The maximum Gasteiger partial charge on any atom is 0.274 e. The maximum atomic E-state index is 13.3. The Morgan fingerprint density at radius 3 is 2.21 bits per heavy atom. The number of nitrogens with one attached hydrogen (secondary N) is 1. The average molecular weight is 479 g/mol. The van der Waals surface area contributed by atoms with Gasteiger partial charge < -0.3 is 0 Å². The number of rotatable bonds is 6. The minimum Gasteiger partial charge on any atom is -0.284 e. The third-order valence-corrected chi connectivity index (χ3v) is 6.03. The molecule has 1 heterocycles. The van der Waals surface area contributed by atoms with Crippen LogP contribution in [0.3, 0.4) is 0 Å². The van der Waals surface area contributed by atoms with Gasteiger partial charge in [0.25, 0.3) is 11.6 Å². The fourth-order valence-electron chi connectivity index (χ4n) is 3.72. The number of hydrazone groups is 1. The van der Waals surface area contributed by atoms with E-state index < -0.39 is 21.0 Å². The summed E-state index contributed by atoms with van der Waals surface area (Å²) in [7, 11) is -3.40. The number of hydrogen-bond donors (Lipinski definition) is 1. The molecule has 1 aliphatic heterocycles. The fourth-order valence-corrected chi connectivity index (χ4v) is 4.29. The topological polar surface area (TPSA) is 122 Å². The number of amides is 1. The SMILES string of the molecule is Cc1ccc(C(=O)N2N=C(c3ccc(NS(C)(=O)=O)cc3)CC2c2ccc([N+](=O)[O-])cc2)cc1. The highest BCUT2D eigenvalue weighted by Gasteiger charge is 2.34. The lowest BCUT2D eigenvalue weighted by Crippen LogP contribution is -2.27. The van der Waals surface area contributed by atoms with Gasteiger partial charge in [0.05, 0.1) is 22.9 Å². The number of hydrogen-bond acceptors (Lipinski definition) is 6. The van der Waals surface area contributed by atoms with Gasteiger partial charge in [-0.15, -0.1) is 0 Å². The van der Waals surface area contributed by atoms with Crippen molar-refractivity contribution in [3.63, 3.8) is 0 Å². The van der Waals surface area contributed by atoms with Crippen molar-refractivity contribution in [2.75, 3.05) is 11.0 Å². The normalized spacial score (nSPS) is 15.6. The van der Waals surface area contributed by atoms with Gasteiger partial charge in [0, 0.05) is 29.8 Å². The molecule has 0 radical (unpaired) electrons. The van der Waals surface area contributed by atoms with Gasteiger partial charge in [-0.2, -0.15) is 5.10 Å². The number of aryl methyl sites for hydroxylation is 1. The van der Waals surface area contributed by atoms with Crippen LogP contribution in [-0.2, 0) is 10.0 Å². The molecule has 0 aromatic heterocycles. The summed E-state index contributed by atoms with van der Waals surface area (Å²) in [5, 5.41) is 17.1. The van der Waals surface area contributed by atoms with Crippen molar-refractivity contribution >= 4 is 33.0 Å². The molecule has 3 aromatic rings. The molecule has 9 nitrogen and oxygen atoms in total. The second-order valence-electron chi connectivity index (χ2n) is 8.08. The van der Waals surface area contributed by atoms with E-state index >= 15 is 0 Å². The van der Waals surface area contributed by atoms with E-state index in [1.807, 2.05) is 19.1 Å². The van der Waals surface area contributed by atoms with Gasteiger partial charge >= 0.3 is 0 Å². The number of carbonyl (C=O) groups excluding carboxylic acids is 1. The molecule has 1 N–H and O–H groups in total. The molecule has 1 atom stereocenters. The number of nitrogens with zero attached hydrogens (tertiary/aromatic N) is 3. The average Bonchev–Trinajstić information content (AvgIpc) is 3.24. The van der Waals surface area contributed by atoms with Crippen molar-refractivity contribution < 1.29 is 18.1 Å². The largest absolute Gasteiger partial charge is 0.284 e. The monoisotopic (exact) mass is 478 g/mol. The van der Waals surface area contributed by atoms with Crippen molar-refractivity contribution in [2.45, 2.75) is 19.4 Å². The van der Waals surface area contributed by atoms with Crippen LogP contribution in [0, 0.1) is 17.0 Å². The van der Waals surface area contributed by atoms with Gasteiger partial charge in [0.2, 0.25) is 10.0 Å². The van der Waals surface area contributed by atoms with Crippen LogP contribution in [0.15, 0.2) is 77.9 Å². The Morgan fingerprint density at radius 1 is 1.03 bits per heavy atom. The summed E-state index contributed by atoms with van der Waals surface area (Å²) >= 11 is 0. The van der Waals surface area contributed by atoms with Crippen molar-refractivity contribution in [3.8, 4) is 0 Å².